The number of para-hydroxylation sites is 1. The Labute approximate surface area is 117 Å². The predicted molar refractivity (Wildman–Crippen MR) is 77.7 cm³/mol. The molecule has 0 amide bonds. The first kappa shape index (κ1) is 14.5. The van der Waals surface area contributed by atoms with Crippen molar-refractivity contribution in [1.29, 1.82) is 0 Å². The minimum absolute atomic E-state index is 0.203. The van der Waals surface area contributed by atoms with Crippen LogP contribution in [0, 0.1) is 18.6 Å². The van der Waals surface area contributed by atoms with Crippen molar-refractivity contribution in [2.75, 3.05) is 18.5 Å². The SMILES string of the molecule is Cc1cc(C(CN)N(C)c2ccccc2F)ccc1F. The molecule has 0 saturated carbocycles. The fourth-order valence-corrected chi connectivity index (χ4v) is 2.30. The molecule has 2 aromatic rings. The summed E-state index contributed by atoms with van der Waals surface area (Å²) in [6.07, 6.45) is 0. The summed E-state index contributed by atoms with van der Waals surface area (Å²) in [5.74, 6) is -0.551. The molecular weight excluding hydrogens is 258 g/mol. The highest BCUT2D eigenvalue weighted by Crippen LogP contribution is 2.27. The number of nitrogens with two attached hydrogens (primary N) is 1. The van der Waals surface area contributed by atoms with Gasteiger partial charge in [0.2, 0.25) is 0 Å². The third-order valence-corrected chi connectivity index (χ3v) is 3.49. The van der Waals surface area contributed by atoms with E-state index in [0.29, 0.717) is 17.8 Å². The Kier molecular flexibility index (Phi) is 4.35. The Hall–Kier alpha value is -1.94. The van der Waals surface area contributed by atoms with Crippen molar-refractivity contribution in [3.63, 3.8) is 0 Å². The second-order valence-electron chi connectivity index (χ2n) is 4.82. The van der Waals surface area contributed by atoms with E-state index >= 15 is 0 Å². The number of anilines is 1. The number of rotatable bonds is 4. The van der Waals surface area contributed by atoms with Gasteiger partial charge in [-0.1, -0.05) is 24.3 Å². The van der Waals surface area contributed by atoms with E-state index in [4.69, 9.17) is 5.73 Å². The summed E-state index contributed by atoms with van der Waals surface area (Å²) in [7, 11) is 1.79. The van der Waals surface area contributed by atoms with Gasteiger partial charge < -0.3 is 10.6 Å². The molecule has 0 bridgehead atoms. The number of aryl methyl sites for hydroxylation is 1. The van der Waals surface area contributed by atoms with Gasteiger partial charge in [-0.05, 0) is 36.2 Å². The zero-order valence-electron chi connectivity index (χ0n) is 11.6. The maximum Gasteiger partial charge on any atom is 0.146 e. The molecule has 2 nitrogen and oxygen atoms in total. The second kappa shape index (κ2) is 6.01. The molecule has 20 heavy (non-hydrogen) atoms. The summed E-state index contributed by atoms with van der Waals surface area (Å²) < 4.78 is 27.2. The lowest BCUT2D eigenvalue weighted by Crippen LogP contribution is -2.31. The topological polar surface area (TPSA) is 29.3 Å². The van der Waals surface area contributed by atoms with Gasteiger partial charge in [0.05, 0.1) is 11.7 Å². The lowest BCUT2D eigenvalue weighted by molar-refractivity contribution is 0.598. The fourth-order valence-electron chi connectivity index (χ4n) is 2.30. The zero-order valence-corrected chi connectivity index (χ0v) is 11.6. The monoisotopic (exact) mass is 276 g/mol. The van der Waals surface area contributed by atoms with Crippen LogP contribution < -0.4 is 10.6 Å². The van der Waals surface area contributed by atoms with Crippen LogP contribution in [0.1, 0.15) is 17.2 Å². The van der Waals surface area contributed by atoms with Crippen LogP contribution in [-0.4, -0.2) is 13.6 Å². The van der Waals surface area contributed by atoms with E-state index in [0.717, 1.165) is 5.56 Å². The first-order valence-electron chi connectivity index (χ1n) is 6.48. The van der Waals surface area contributed by atoms with Gasteiger partial charge in [0.25, 0.3) is 0 Å². The largest absolute Gasteiger partial charge is 0.364 e. The highest BCUT2D eigenvalue weighted by atomic mass is 19.1. The second-order valence-corrected chi connectivity index (χ2v) is 4.82. The van der Waals surface area contributed by atoms with E-state index in [-0.39, 0.29) is 17.7 Å². The third-order valence-electron chi connectivity index (χ3n) is 3.49. The molecule has 0 aliphatic heterocycles. The molecule has 0 saturated heterocycles. The number of halogens is 2. The van der Waals surface area contributed by atoms with Gasteiger partial charge in [0.1, 0.15) is 11.6 Å². The highest BCUT2D eigenvalue weighted by molar-refractivity contribution is 5.49. The fraction of sp³-hybridized carbons (Fsp3) is 0.250. The van der Waals surface area contributed by atoms with Crippen LogP contribution in [0.15, 0.2) is 42.5 Å². The van der Waals surface area contributed by atoms with Gasteiger partial charge in [-0.3, -0.25) is 0 Å². The first-order valence-corrected chi connectivity index (χ1v) is 6.48. The van der Waals surface area contributed by atoms with Crippen molar-refractivity contribution in [1.82, 2.24) is 0 Å². The van der Waals surface area contributed by atoms with Crippen molar-refractivity contribution in [2.45, 2.75) is 13.0 Å². The number of hydrogen-bond acceptors (Lipinski definition) is 2. The maximum absolute atomic E-state index is 13.9. The zero-order chi connectivity index (χ0) is 14.7. The van der Waals surface area contributed by atoms with Crippen molar-refractivity contribution < 1.29 is 8.78 Å². The smallest absolute Gasteiger partial charge is 0.146 e. The molecule has 2 aromatic carbocycles. The summed E-state index contributed by atoms with van der Waals surface area (Å²) in [6, 6.07) is 11.2. The van der Waals surface area contributed by atoms with Gasteiger partial charge >= 0.3 is 0 Å². The van der Waals surface area contributed by atoms with Crippen molar-refractivity contribution >= 4 is 5.69 Å². The summed E-state index contributed by atoms with van der Waals surface area (Å²) in [6.45, 7) is 2.02. The maximum atomic E-state index is 13.9. The molecule has 4 heteroatoms. The van der Waals surface area contributed by atoms with E-state index < -0.39 is 0 Å². The van der Waals surface area contributed by atoms with Crippen LogP contribution in [0.4, 0.5) is 14.5 Å². The Bertz CT molecular complexity index is 599. The van der Waals surface area contributed by atoms with Gasteiger partial charge in [-0.2, -0.15) is 0 Å². The van der Waals surface area contributed by atoms with E-state index in [9.17, 15) is 8.78 Å². The number of hydrogen-bond donors (Lipinski definition) is 1. The van der Waals surface area contributed by atoms with Crippen LogP contribution >= 0.6 is 0 Å². The molecule has 1 unspecified atom stereocenters. The normalized spacial score (nSPS) is 12.2. The molecule has 0 aromatic heterocycles. The highest BCUT2D eigenvalue weighted by Gasteiger charge is 2.19. The Morgan fingerprint density at radius 1 is 1.10 bits per heavy atom. The van der Waals surface area contributed by atoms with Gasteiger partial charge in [0.15, 0.2) is 0 Å². The molecular formula is C16H18F2N2. The predicted octanol–water partition coefficient (Wildman–Crippen LogP) is 3.41. The van der Waals surface area contributed by atoms with Crippen LogP contribution in [-0.2, 0) is 0 Å². The molecule has 0 aliphatic rings. The summed E-state index contributed by atoms with van der Waals surface area (Å²) in [5, 5.41) is 0. The van der Waals surface area contributed by atoms with Crippen LogP contribution in [0.25, 0.3) is 0 Å². The molecule has 1 atom stereocenters. The number of likely N-dealkylation sites (N-methyl/N-ethyl adjacent to an activating group) is 1. The van der Waals surface area contributed by atoms with Gasteiger partial charge in [0, 0.05) is 13.6 Å². The molecule has 106 valence electrons. The lowest BCUT2D eigenvalue weighted by atomic mass is 10.0. The van der Waals surface area contributed by atoms with Crippen molar-refractivity contribution in [3.05, 3.63) is 65.2 Å². The molecule has 0 radical (unpaired) electrons. The lowest BCUT2D eigenvalue weighted by Gasteiger charge is -2.30. The Morgan fingerprint density at radius 2 is 1.80 bits per heavy atom. The summed E-state index contributed by atoms with van der Waals surface area (Å²) in [4.78, 5) is 1.78. The molecule has 0 spiro atoms. The quantitative estimate of drug-likeness (QED) is 0.927. The van der Waals surface area contributed by atoms with Crippen LogP contribution in [0.2, 0.25) is 0 Å². The minimum atomic E-state index is -0.299. The Morgan fingerprint density at radius 3 is 2.40 bits per heavy atom. The molecule has 0 aliphatic carbocycles. The molecule has 2 N–H and O–H groups in total. The number of nitrogens with zero attached hydrogens (tertiary/aromatic N) is 1. The number of benzene rings is 2. The standard InChI is InChI=1S/C16H18F2N2/c1-11-9-12(7-8-13(11)17)16(10-19)20(2)15-6-4-3-5-14(15)18/h3-9,16H,10,19H2,1-2H3. The van der Waals surface area contributed by atoms with E-state index in [1.807, 2.05) is 0 Å². The van der Waals surface area contributed by atoms with E-state index in [1.165, 1.54) is 12.1 Å². The molecule has 2 rings (SSSR count). The summed E-state index contributed by atoms with van der Waals surface area (Å²) in [5.41, 5.74) is 7.73. The van der Waals surface area contributed by atoms with Crippen LogP contribution in [0.3, 0.4) is 0 Å². The molecule has 0 heterocycles. The molecule has 0 fully saturated rings. The Balaban J connectivity index is 2.36. The first-order chi connectivity index (χ1) is 9.54. The van der Waals surface area contributed by atoms with Gasteiger partial charge in [-0.25, -0.2) is 8.78 Å². The average molecular weight is 276 g/mol. The van der Waals surface area contributed by atoms with Crippen LogP contribution in [0.5, 0.6) is 0 Å². The van der Waals surface area contributed by atoms with Crippen molar-refractivity contribution in [3.8, 4) is 0 Å². The van der Waals surface area contributed by atoms with Crippen molar-refractivity contribution in [2.24, 2.45) is 5.73 Å². The summed E-state index contributed by atoms with van der Waals surface area (Å²) >= 11 is 0. The third kappa shape index (κ3) is 2.80. The van der Waals surface area contributed by atoms with E-state index in [2.05, 4.69) is 0 Å². The van der Waals surface area contributed by atoms with E-state index in [1.54, 1.807) is 49.2 Å². The van der Waals surface area contributed by atoms with Gasteiger partial charge in [-0.15, -0.1) is 0 Å². The average Bonchev–Trinajstić information content (AvgIpc) is 2.44. The minimum Gasteiger partial charge on any atom is -0.364 e.